The van der Waals surface area contributed by atoms with E-state index in [-0.39, 0.29) is 5.91 Å². The fraction of sp³-hybridized carbons (Fsp3) is 0.364. The molecule has 1 amide bonds. The standard InChI is InChI=1S/C11H14N4OS/c1-3-14-6-5-8(13-14)7-9-10(16)15(4-2)11(17)12-9/h5-7H,3-4H2,1-2H3,(H,12,17)/b9-7+. The van der Waals surface area contributed by atoms with Crippen LogP contribution in [0.15, 0.2) is 18.0 Å². The molecule has 0 bridgehead atoms. The molecule has 0 unspecified atom stereocenters. The second-order valence-electron chi connectivity index (χ2n) is 3.63. The highest BCUT2D eigenvalue weighted by Crippen LogP contribution is 2.12. The molecule has 1 fully saturated rings. The maximum Gasteiger partial charge on any atom is 0.276 e. The minimum atomic E-state index is -0.0939. The predicted molar refractivity (Wildman–Crippen MR) is 69.0 cm³/mol. The Balaban J connectivity index is 2.23. The molecule has 90 valence electrons. The Kier molecular flexibility index (Phi) is 3.23. The van der Waals surface area contributed by atoms with Gasteiger partial charge in [-0.25, -0.2) is 0 Å². The van der Waals surface area contributed by atoms with E-state index in [4.69, 9.17) is 12.2 Å². The molecular formula is C11H14N4OS. The Morgan fingerprint density at radius 2 is 2.24 bits per heavy atom. The summed E-state index contributed by atoms with van der Waals surface area (Å²) >= 11 is 5.07. The van der Waals surface area contributed by atoms with Gasteiger partial charge in [0.25, 0.3) is 5.91 Å². The van der Waals surface area contributed by atoms with Crippen molar-refractivity contribution in [3.63, 3.8) is 0 Å². The smallest absolute Gasteiger partial charge is 0.276 e. The first-order chi connectivity index (χ1) is 8.15. The summed E-state index contributed by atoms with van der Waals surface area (Å²) in [5.74, 6) is -0.0939. The summed E-state index contributed by atoms with van der Waals surface area (Å²) in [5.41, 5.74) is 1.24. The van der Waals surface area contributed by atoms with Crippen molar-refractivity contribution in [1.82, 2.24) is 20.0 Å². The molecule has 0 spiro atoms. The molecule has 17 heavy (non-hydrogen) atoms. The number of carbonyl (C=O) groups excluding carboxylic acids is 1. The van der Waals surface area contributed by atoms with E-state index in [2.05, 4.69) is 10.4 Å². The number of rotatable bonds is 3. The summed E-state index contributed by atoms with van der Waals surface area (Å²) < 4.78 is 1.81. The van der Waals surface area contributed by atoms with Crippen molar-refractivity contribution in [3.8, 4) is 0 Å². The maximum atomic E-state index is 11.9. The third-order valence-electron chi connectivity index (χ3n) is 2.56. The number of thiocarbonyl (C=S) groups is 1. The van der Waals surface area contributed by atoms with Crippen LogP contribution in [-0.4, -0.2) is 32.2 Å². The van der Waals surface area contributed by atoms with Gasteiger partial charge in [-0.1, -0.05) is 0 Å². The quantitative estimate of drug-likeness (QED) is 0.642. The SMILES string of the molecule is CCN1C(=O)/C(=C\c2ccn(CC)n2)NC1=S. The molecule has 1 aliphatic heterocycles. The first-order valence-corrected chi connectivity index (χ1v) is 5.94. The van der Waals surface area contributed by atoms with Crippen LogP contribution in [0.1, 0.15) is 19.5 Å². The summed E-state index contributed by atoms with van der Waals surface area (Å²) in [6.07, 6.45) is 3.60. The molecule has 1 aromatic heterocycles. The lowest BCUT2D eigenvalue weighted by molar-refractivity contribution is -0.122. The van der Waals surface area contributed by atoms with Gasteiger partial charge in [0, 0.05) is 19.3 Å². The number of amides is 1. The van der Waals surface area contributed by atoms with Gasteiger partial charge < -0.3 is 5.32 Å². The molecule has 5 nitrogen and oxygen atoms in total. The Hall–Kier alpha value is -1.69. The van der Waals surface area contributed by atoms with E-state index < -0.39 is 0 Å². The summed E-state index contributed by atoms with van der Waals surface area (Å²) in [6.45, 7) is 5.28. The van der Waals surface area contributed by atoms with Crippen LogP contribution in [0, 0.1) is 0 Å². The number of nitrogens with zero attached hydrogens (tertiary/aromatic N) is 3. The molecule has 0 aliphatic carbocycles. The highest BCUT2D eigenvalue weighted by molar-refractivity contribution is 7.80. The van der Waals surface area contributed by atoms with Crippen molar-refractivity contribution in [1.29, 1.82) is 0 Å². The lowest BCUT2D eigenvalue weighted by Crippen LogP contribution is -2.30. The van der Waals surface area contributed by atoms with Crippen LogP contribution in [0.4, 0.5) is 0 Å². The number of hydrogen-bond donors (Lipinski definition) is 1. The number of aryl methyl sites for hydroxylation is 1. The summed E-state index contributed by atoms with van der Waals surface area (Å²) in [5, 5.41) is 7.65. The second-order valence-corrected chi connectivity index (χ2v) is 4.02. The minimum Gasteiger partial charge on any atom is -0.328 e. The number of nitrogens with one attached hydrogen (secondary N) is 1. The Morgan fingerprint density at radius 1 is 1.47 bits per heavy atom. The number of likely N-dealkylation sites (N-methyl/N-ethyl adjacent to an activating group) is 1. The zero-order valence-corrected chi connectivity index (χ0v) is 10.6. The van der Waals surface area contributed by atoms with Crippen LogP contribution in [0.5, 0.6) is 0 Å². The summed E-state index contributed by atoms with van der Waals surface area (Å²) in [7, 11) is 0. The number of hydrogen-bond acceptors (Lipinski definition) is 3. The fourth-order valence-corrected chi connectivity index (χ4v) is 1.96. The molecule has 0 saturated carbocycles. The van der Waals surface area contributed by atoms with Gasteiger partial charge in [-0.15, -0.1) is 0 Å². The van der Waals surface area contributed by atoms with Crippen LogP contribution in [0.2, 0.25) is 0 Å². The van der Waals surface area contributed by atoms with E-state index in [0.29, 0.717) is 17.4 Å². The summed E-state index contributed by atoms with van der Waals surface area (Å²) in [6, 6.07) is 1.86. The topological polar surface area (TPSA) is 50.2 Å². The average molecular weight is 250 g/mol. The number of aromatic nitrogens is 2. The van der Waals surface area contributed by atoms with Gasteiger partial charge in [0.2, 0.25) is 0 Å². The van der Waals surface area contributed by atoms with Crippen molar-refractivity contribution in [3.05, 3.63) is 23.7 Å². The van der Waals surface area contributed by atoms with Crippen LogP contribution in [0.25, 0.3) is 6.08 Å². The van der Waals surface area contributed by atoms with Crippen LogP contribution in [0.3, 0.4) is 0 Å². The molecular weight excluding hydrogens is 236 g/mol. The molecule has 2 rings (SSSR count). The molecule has 1 aromatic rings. The molecule has 1 saturated heterocycles. The van der Waals surface area contributed by atoms with Crippen LogP contribution >= 0.6 is 12.2 Å². The highest BCUT2D eigenvalue weighted by atomic mass is 32.1. The lowest BCUT2D eigenvalue weighted by atomic mass is 10.3. The molecule has 6 heteroatoms. The monoisotopic (exact) mass is 250 g/mol. The van der Waals surface area contributed by atoms with Crippen molar-refractivity contribution in [2.75, 3.05) is 6.54 Å². The number of carbonyl (C=O) groups is 1. The molecule has 0 atom stereocenters. The fourth-order valence-electron chi connectivity index (χ4n) is 1.64. The van der Waals surface area contributed by atoms with E-state index in [1.165, 1.54) is 4.90 Å². The van der Waals surface area contributed by atoms with E-state index in [1.54, 1.807) is 6.08 Å². The van der Waals surface area contributed by atoms with Gasteiger partial charge in [-0.3, -0.25) is 14.4 Å². The van der Waals surface area contributed by atoms with Crippen molar-refractivity contribution < 1.29 is 4.79 Å². The minimum absolute atomic E-state index is 0.0939. The molecule has 1 N–H and O–H groups in total. The lowest BCUT2D eigenvalue weighted by Gasteiger charge is -2.08. The van der Waals surface area contributed by atoms with Gasteiger partial charge >= 0.3 is 0 Å². The van der Waals surface area contributed by atoms with Gasteiger partial charge in [-0.05, 0) is 38.2 Å². The van der Waals surface area contributed by atoms with E-state index in [1.807, 2.05) is 30.8 Å². The van der Waals surface area contributed by atoms with Crippen LogP contribution < -0.4 is 5.32 Å². The normalized spacial score (nSPS) is 18.0. The zero-order chi connectivity index (χ0) is 12.4. The summed E-state index contributed by atoms with van der Waals surface area (Å²) in [4.78, 5) is 13.4. The van der Waals surface area contributed by atoms with Crippen LogP contribution in [-0.2, 0) is 11.3 Å². The molecule has 0 aromatic carbocycles. The Labute approximate surface area is 105 Å². The van der Waals surface area contributed by atoms with Gasteiger partial charge in [0.15, 0.2) is 5.11 Å². The van der Waals surface area contributed by atoms with E-state index in [9.17, 15) is 4.79 Å². The predicted octanol–water partition coefficient (Wildman–Crippen LogP) is 0.981. The largest absolute Gasteiger partial charge is 0.328 e. The van der Waals surface area contributed by atoms with E-state index >= 15 is 0 Å². The third kappa shape index (κ3) is 2.21. The van der Waals surface area contributed by atoms with Crippen molar-refractivity contribution >= 4 is 29.3 Å². The first kappa shape index (κ1) is 11.8. The van der Waals surface area contributed by atoms with E-state index in [0.717, 1.165) is 12.2 Å². The maximum absolute atomic E-state index is 11.9. The first-order valence-electron chi connectivity index (χ1n) is 5.53. The Bertz CT molecular complexity index is 491. The van der Waals surface area contributed by atoms with Gasteiger partial charge in [-0.2, -0.15) is 5.10 Å². The second kappa shape index (κ2) is 4.67. The molecule has 2 heterocycles. The highest BCUT2D eigenvalue weighted by Gasteiger charge is 2.29. The van der Waals surface area contributed by atoms with Crippen molar-refractivity contribution in [2.45, 2.75) is 20.4 Å². The third-order valence-corrected chi connectivity index (χ3v) is 2.88. The van der Waals surface area contributed by atoms with Gasteiger partial charge in [0.05, 0.1) is 5.69 Å². The zero-order valence-electron chi connectivity index (χ0n) is 9.80. The molecule has 1 aliphatic rings. The van der Waals surface area contributed by atoms with Gasteiger partial charge in [0.1, 0.15) is 5.70 Å². The van der Waals surface area contributed by atoms with Crippen molar-refractivity contribution in [2.24, 2.45) is 0 Å². The molecule has 0 radical (unpaired) electrons. The average Bonchev–Trinajstić information content (AvgIpc) is 2.86. The Morgan fingerprint density at radius 3 is 2.76 bits per heavy atom.